The lowest BCUT2D eigenvalue weighted by atomic mass is 9.91. The van der Waals surface area contributed by atoms with Crippen molar-refractivity contribution in [1.29, 1.82) is 0 Å². The summed E-state index contributed by atoms with van der Waals surface area (Å²) in [7, 11) is 0. The summed E-state index contributed by atoms with van der Waals surface area (Å²) in [6.45, 7) is 9.01. The van der Waals surface area contributed by atoms with E-state index in [0.29, 0.717) is 6.54 Å². The van der Waals surface area contributed by atoms with Crippen LogP contribution in [0.2, 0.25) is 0 Å². The van der Waals surface area contributed by atoms with Gasteiger partial charge in [-0.1, -0.05) is 191 Å². The van der Waals surface area contributed by atoms with E-state index in [0.717, 1.165) is 17.6 Å². The average molecular weight is 794 g/mol. The van der Waals surface area contributed by atoms with E-state index in [1.807, 2.05) is 26.0 Å². The van der Waals surface area contributed by atoms with Gasteiger partial charge in [-0.05, 0) is 133 Å². The maximum absolute atomic E-state index is 6.41. The van der Waals surface area contributed by atoms with Gasteiger partial charge >= 0.3 is 0 Å². The largest absolute Gasteiger partial charge is 0.456 e. The van der Waals surface area contributed by atoms with Gasteiger partial charge in [-0.25, -0.2) is 0 Å². The molecule has 0 unspecified atom stereocenters. The average Bonchev–Trinajstić information content (AvgIpc) is 3.52. The Labute approximate surface area is 360 Å². The second-order valence-corrected chi connectivity index (χ2v) is 15.6. The van der Waals surface area contributed by atoms with Crippen LogP contribution in [0, 0.1) is 6.92 Å². The number of rotatable bonds is 6. The molecule has 11 rings (SSSR count). The molecule has 0 saturated heterocycles. The first-order valence-corrected chi connectivity index (χ1v) is 22.0. The van der Waals surface area contributed by atoms with E-state index in [2.05, 4.69) is 190 Å². The number of unbranched alkanes of at least 4 members (excludes halogenated alkanes) is 1. The molecule has 2 heteroatoms. The van der Waals surface area contributed by atoms with E-state index in [-0.39, 0.29) is 0 Å². The van der Waals surface area contributed by atoms with Gasteiger partial charge in [-0.2, -0.15) is 0 Å². The Kier molecular flexibility index (Phi) is 12.8. The fraction of sp³-hybridized carbons (Fsp3) is 0.153. The summed E-state index contributed by atoms with van der Waals surface area (Å²) in [5, 5.41) is 12.9. The van der Waals surface area contributed by atoms with Crippen molar-refractivity contribution in [3.05, 3.63) is 216 Å². The Hall–Kier alpha value is -6.74. The first-order valence-electron chi connectivity index (χ1n) is 22.0. The quantitative estimate of drug-likeness (QED) is 0.170. The van der Waals surface area contributed by atoms with Crippen LogP contribution in [0.5, 0.6) is 0 Å². The molecule has 0 saturated carbocycles. The highest BCUT2D eigenvalue weighted by Gasteiger charge is 2.18. The van der Waals surface area contributed by atoms with Crippen LogP contribution in [0.15, 0.2) is 193 Å². The molecule has 9 aromatic carbocycles. The Morgan fingerprint density at radius 3 is 2.00 bits per heavy atom. The number of hydrogen-bond donors (Lipinski definition) is 1. The molecule has 1 heterocycles. The third-order valence-corrected chi connectivity index (χ3v) is 11.6. The number of hydrogen-bond acceptors (Lipinski definition) is 2. The molecule has 0 radical (unpaired) electrons. The van der Waals surface area contributed by atoms with Crippen molar-refractivity contribution in [3.8, 4) is 0 Å². The molecular formula is C59H55NO. The van der Waals surface area contributed by atoms with Gasteiger partial charge in [0.15, 0.2) is 0 Å². The van der Waals surface area contributed by atoms with Gasteiger partial charge in [0.1, 0.15) is 11.2 Å². The molecule has 0 aliphatic heterocycles. The number of nitrogens with two attached hydrogens (primary N) is 1. The fourth-order valence-corrected chi connectivity index (χ4v) is 8.62. The van der Waals surface area contributed by atoms with Crippen LogP contribution in [-0.2, 0) is 13.0 Å². The highest BCUT2D eigenvalue weighted by Crippen LogP contribution is 2.44. The number of furan rings is 1. The normalized spacial score (nSPS) is 12.3. The molecule has 0 amide bonds. The van der Waals surface area contributed by atoms with Gasteiger partial charge in [0.25, 0.3) is 0 Å². The van der Waals surface area contributed by atoms with E-state index in [4.69, 9.17) is 10.2 Å². The maximum atomic E-state index is 6.41. The van der Waals surface area contributed by atoms with Crippen LogP contribution in [0.25, 0.3) is 76.2 Å². The van der Waals surface area contributed by atoms with Crippen molar-refractivity contribution >= 4 is 76.2 Å². The lowest BCUT2D eigenvalue weighted by Crippen LogP contribution is -1.95. The first kappa shape index (κ1) is 41.0. The van der Waals surface area contributed by atoms with Crippen molar-refractivity contribution in [1.82, 2.24) is 0 Å². The molecule has 2 N–H and O–H groups in total. The summed E-state index contributed by atoms with van der Waals surface area (Å²) >= 11 is 0. The van der Waals surface area contributed by atoms with Crippen molar-refractivity contribution < 1.29 is 4.42 Å². The van der Waals surface area contributed by atoms with Gasteiger partial charge in [-0.15, -0.1) is 0 Å². The third kappa shape index (κ3) is 8.78. The minimum atomic E-state index is 0.616. The first-order chi connectivity index (χ1) is 30.1. The zero-order chi connectivity index (χ0) is 42.1. The smallest absolute Gasteiger partial charge is 0.136 e. The van der Waals surface area contributed by atoms with Gasteiger partial charge in [0.05, 0.1) is 0 Å². The van der Waals surface area contributed by atoms with E-state index in [9.17, 15) is 0 Å². The maximum Gasteiger partial charge on any atom is 0.136 e. The SMILES string of the molecule is CC.CCCCc1cccc2ccccc12.Cc1cccc(C2=CCC=CC(c3cc4oc5cccc6c7ccccc7c(c3)c4c56)=C2)c1.NCc1ccc2ccccc2c1. The summed E-state index contributed by atoms with van der Waals surface area (Å²) in [6.07, 6.45) is 13.8. The zero-order valence-electron chi connectivity index (χ0n) is 35.9. The summed E-state index contributed by atoms with van der Waals surface area (Å²) in [4.78, 5) is 0. The predicted molar refractivity (Wildman–Crippen MR) is 267 cm³/mol. The van der Waals surface area contributed by atoms with Crippen molar-refractivity contribution in [2.75, 3.05) is 0 Å². The zero-order valence-corrected chi connectivity index (χ0v) is 35.9. The summed E-state index contributed by atoms with van der Waals surface area (Å²) < 4.78 is 6.41. The van der Waals surface area contributed by atoms with Gasteiger partial charge in [0, 0.05) is 17.3 Å². The molecule has 0 fully saturated rings. The van der Waals surface area contributed by atoms with Crippen LogP contribution in [0.1, 0.15) is 67.9 Å². The highest BCUT2D eigenvalue weighted by molar-refractivity contribution is 6.33. The number of allylic oxidation sites excluding steroid dienone is 6. The van der Waals surface area contributed by atoms with E-state index in [1.165, 1.54) is 112 Å². The number of aryl methyl sites for hydroxylation is 2. The molecule has 302 valence electrons. The molecular weight excluding hydrogens is 739 g/mol. The highest BCUT2D eigenvalue weighted by atomic mass is 16.3. The lowest BCUT2D eigenvalue weighted by molar-refractivity contribution is 0.669. The molecule has 1 aliphatic carbocycles. The standard InChI is InChI=1S/C32H22O.C14H16.C11H11N.C2H6/c1-20-8-6-11-21(16-20)22-9-2-3-10-23(17-22)24-18-28-26-13-5-4-12-25(26)27-14-7-15-29-31(27)32(28)30(19-24)33-29;1-2-3-7-12-9-6-10-13-8-4-5-11-14(12)13;12-8-9-5-6-10-3-1-2-4-11(10)7-9;1-2/h3-19H,2H2,1H3;4-6,8-11H,2-3,7H2,1H3;1-7H,8,12H2;1-2H3. The predicted octanol–water partition coefficient (Wildman–Crippen LogP) is 16.6. The summed E-state index contributed by atoms with van der Waals surface area (Å²) in [6, 6.07) is 58.2. The molecule has 1 aliphatic rings. The van der Waals surface area contributed by atoms with E-state index in [1.54, 1.807) is 0 Å². The molecule has 1 aromatic heterocycles. The number of fused-ring (bicyclic) bond motifs is 5. The molecule has 61 heavy (non-hydrogen) atoms. The topological polar surface area (TPSA) is 39.2 Å². The minimum absolute atomic E-state index is 0.616. The van der Waals surface area contributed by atoms with Gasteiger partial charge in [0.2, 0.25) is 0 Å². The second kappa shape index (κ2) is 19.1. The third-order valence-electron chi connectivity index (χ3n) is 11.6. The van der Waals surface area contributed by atoms with E-state index < -0.39 is 0 Å². The molecule has 0 bridgehead atoms. The van der Waals surface area contributed by atoms with E-state index >= 15 is 0 Å². The minimum Gasteiger partial charge on any atom is -0.456 e. The van der Waals surface area contributed by atoms with Crippen molar-refractivity contribution in [3.63, 3.8) is 0 Å². The lowest BCUT2D eigenvalue weighted by Gasteiger charge is -2.11. The van der Waals surface area contributed by atoms with Crippen LogP contribution >= 0.6 is 0 Å². The van der Waals surface area contributed by atoms with Crippen molar-refractivity contribution in [2.24, 2.45) is 5.73 Å². The second-order valence-electron chi connectivity index (χ2n) is 15.6. The van der Waals surface area contributed by atoms with Crippen molar-refractivity contribution in [2.45, 2.75) is 59.9 Å². The summed E-state index contributed by atoms with van der Waals surface area (Å²) in [5.74, 6) is 0. The van der Waals surface area contributed by atoms with Gasteiger partial charge < -0.3 is 10.2 Å². The molecule has 2 nitrogen and oxygen atoms in total. The molecule has 0 spiro atoms. The Morgan fingerprint density at radius 2 is 1.21 bits per heavy atom. The van der Waals surface area contributed by atoms with Crippen LogP contribution in [0.3, 0.4) is 0 Å². The summed E-state index contributed by atoms with van der Waals surface area (Å²) in [5.41, 5.74) is 16.3. The Bertz CT molecular complexity index is 3170. The molecule has 0 atom stereocenters. The number of benzene rings is 9. The Balaban J connectivity index is 0.000000151. The fourth-order valence-electron chi connectivity index (χ4n) is 8.62. The monoisotopic (exact) mass is 793 g/mol. The van der Waals surface area contributed by atoms with Gasteiger partial charge in [-0.3, -0.25) is 0 Å². The Morgan fingerprint density at radius 1 is 0.541 bits per heavy atom. The molecule has 10 aromatic rings. The van der Waals surface area contributed by atoms with Crippen LogP contribution < -0.4 is 5.73 Å². The van der Waals surface area contributed by atoms with Crippen LogP contribution in [-0.4, -0.2) is 0 Å². The van der Waals surface area contributed by atoms with Crippen LogP contribution in [0.4, 0.5) is 0 Å².